The van der Waals surface area contributed by atoms with Gasteiger partial charge in [0.1, 0.15) is 41.7 Å². The van der Waals surface area contributed by atoms with Gasteiger partial charge >= 0.3 is 0 Å². The molecule has 8 nitrogen and oxygen atoms in total. The molecule has 2 aromatic carbocycles. The van der Waals surface area contributed by atoms with Crippen LogP contribution in [0.5, 0.6) is 11.6 Å². The molecule has 232 valence electrons. The average Bonchev–Trinajstić information content (AvgIpc) is 3.66. The van der Waals surface area contributed by atoms with E-state index >= 15 is 8.78 Å². The Morgan fingerprint density at radius 3 is 2.64 bits per heavy atom. The van der Waals surface area contributed by atoms with Gasteiger partial charge in [-0.2, -0.15) is 10.2 Å². The number of nitriles is 1. The zero-order valence-corrected chi connectivity index (χ0v) is 24.3. The van der Waals surface area contributed by atoms with Crippen LogP contribution in [0, 0.1) is 28.8 Å². The summed E-state index contributed by atoms with van der Waals surface area (Å²) in [4.78, 5) is 13.3. The summed E-state index contributed by atoms with van der Waals surface area (Å²) in [6.07, 6.45) is 2.99. The average molecular weight is 619 g/mol. The Morgan fingerprint density at radius 1 is 1.07 bits per heavy atom. The number of pyridine rings is 2. The minimum absolute atomic E-state index is 0.0115. The molecule has 4 saturated heterocycles. The van der Waals surface area contributed by atoms with Gasteiger partial charge in [0.25, 0.3) is 0 Å². The number of alkyl halides is 1. The summed E-state index contributed by atoms with van der Waals surface area (Å²) in [6.45, 7) is 2.40. The van der Waals surface area contributed by atoms with E-state index in [-0.39, 0.29) is 68.9 Å². The van der Waals surface area contributed by atoms with Gasteiger partial charge in [-0.25, -0.2) is 22.5 Å². The molecule has 4 aliphatic heterocycles. The molecule has 2 unspecified atom stereocenters. The van der Waals surface area contributed by atoms with Crippen LogP contribution in [0.2, 0.25) is 0 Å². The van der Waals surface area contributed by atoms with Gasteiger partial charge in [0, 0.05) is 54.5 Å². The molecule has 2 bridgehead atoms. The van der Waals surface area contributed by atoms with E-state index in [1.165, 1.54) is 18.2 Å². The van der Waals surface area contributed by atoms with Crippen molar-refractivity contribution in [2.45, 2.75) is 55.9 Å². The molecule has 0 aliphatic carbocycles. The van der Waals surface area contributed by atoms with Crippen molar-refractivity contribution < 1.29 is 27.4 Å². The van der Waals surface area contributed by atoms with Crippen molar-refractivity contribution in [1.82, 2.24) is 20.2 Å². The quantitative estimate of drug-likeness (QED) is 0.290. The number of phenols is 1. The van der Waals surface area contributed by atoms with Crippen molar-refractivity contribution in [2.24, 2.45) is 0 Å². The molecule has 4 atom stereocenters. The van der Waals surface area contributed by atoms with Gasteiger partial charge in [-0.05, 0) is 61.9 Å². The van der Waals surface area contributed by atoms with E-state index in [0.717, 1.165) is 44.4 Å². The number of hydrogen-bond donors (Lipinski definition) is 2. The number of rotatable bonds is 5. The van der Waals surface area contributed by atoms with Crippen LogP contribution >= 0.6 is 0 Å². The van der Waals surface area contributed by atoms with E-state index in [0.29, 0.717) is 31.7 Å². The van der Waals surface area contributed by atoms with Crippen LogP contribution in [0.25, 0.3) is 33.1 Å². The lowest BCUT2D eigenvalue weighted by atomic mass is 9.95. The number of fused-ring (bicyclic) bond motifs is 5. The number of anilines is 1. The van der Waals surface area contributed by atoms with E-state index < -0.39 is 29.2 Å². The molecule has 4 aliphatic rings. The smallest absolute Gasteiger partial charge is 0.236 e. The minimum atomic E-state index is -1.19. The zero-order chi connectivity index (χ0) is 31.0. The van der Waals surface area contributed by atoms with Crippen LogP contribution < -0.4 is 15.0 Å². The van der Waals surface area contributed by atoms with E-state index in [9.17, 15) is 19.1 Å². The molecule has 2 N–H and O–H groups in total. The van der Waals surface area contributed by atoms with Gasteiger partial charge in [0.15, 0.2) is 17.3 Å². The highest BCUT2D eigenvalue weighted by atomic mass is 19.2. The van der Waals surface area contributed by atoms with Crippen molar-refractivity contribution in [3.63, 3.8) is 0 Å². The number of piperazine rings is 1. The van der Waals surface area contributed by atoms with Crippen LogP contribution in [0.15, 0.2) is 30.3 Å². The normalized spacial score (nSPS) is 26.1. The van der Waals surface area contributed by atoms with Crippen molar-refractivity contribution in [3.05, 3.63) is 53.3 Å². The maximum atomic E-state index is 16.1. The third-order valence-electron chi connectivity index (χ3n) is 10.00. The number of phenolic OH excluding ortho intramolecular Hbond substituents is 1. The van der Waals surface area contributed by atoms with E-state index in [1.54, 1.807) is 0 Å². The highest BCUT2D eigenvalue weighted by Crippen LogP contribution is 2.43. The molecule has 0 radical (unpaired) electrons. The second kappa shape index (κ2) is 10.4. The first-order chi connectivity index (χ1) is 21.7. The summed E-state index contributed by atoms with van der Waals surface area (Å²) < 4.78 is 66.4. The molecule has 4 aromatic rings. The molecule has 45 heavy (non-hydrogen) atoms. The second-order valence-electron chi connectivity index (χ2n) is 12.8. The van der Waals surface area contributed by atoms with Crippen LogP contribution in [0.1, 0.15) is 37.7 Å². The first-order valence-electron chi connectivity index (χ1n) is 15.3. The summed E-state index contributed by atoms with van der Waals surface area (Å²) in [6, 6.07) is 8.49. The fourth-order valence-corrected chi connectivity index (χ4v) is 8.05. The number of nitrogens with zero attached hydrogens (tertiary/aromatic N) is 5. The summed E-state index contributed by atoms with van der Waals surface area (Å²) in [5.74, 6) is -3.43. The maximum absolute atomic E-state index is 16.1. The zero-order valence-electron chi connectivity index (χ0n) is 24.3. The highest BCUT2D eigenvalue weighted by molar-refractivity contribution is 6.00. The second-order valence-corrected chi connectivity index (χ2v) is 12.8. The molecule has 0 spiro atoms. The lowest BCUT2D eigenvalue weighted by Crippen LogP contribution is -2.51. The first kappa shape index (κ1) is 28.3. The van der Waals surface area contributed by atoms with Gasteiger partial charge in [0.2, 0.25) is 5.88 Å². The molecule has 0 saturated carbocycles. The first-order valence-corrected chi connectivity index (χ1v) is 15.3. The third-order valence-corrected chi connectivity index (χ3v) is 10.00. The van der Waals surface area contributed by atoms with Crippen LogP contribution in [0.3, 0.4) is 0 Å². The van der Waals surface area contributed by atoms with Gasteiger partial charge in [-0.1, -0.05) is 6.07 Å². The molecule has 2 aromatic heterocycles. The largest absolute Gasteiger partial charge is 0.508 e. The molecule has 4 fully saturated rings. The Kier molecular flexibility index (Phi) is 6.55. The number of aromatic nitrogens is 2. The highest BCUT2D eigenvalue weighted by Gasteiger charge is 2.49. The lowest BCUT2D eigenvalue weighted by Gasteiger charge is -2.36. The molecule has 6 heterocycles. The van der Waals surface area contributed by atoms with Crippen LogP contribution in [-0.4, -0.2) is 76.6 Å². The van der Waals surface area contributed by atoms with Gasteiger partial charge in [0.05, 0.1) is 11.2 Å². The summed E-state index contributed by atoms with van der Waals surface area (Å²) in [7, 11) is 0. The Morgan fingerprint density at radius 2 is 1.87 bits per heavy atom. The monoisotopic (exact) mass is 618 g/mol. The topological polar surface area (TPSA) is 97.5 Å². The maximum Gasteiger partial charge on any atom is 0.236 e. The van der Waals surface area contributed by atoms with E-state index in [2.05, 4.69) is 26.3 Å². The lowest BCUT2D eigenvalue weighted by molar-refractivity contribution is 0.110. The molecular weight excluding hydrogens is 588 g/mol. The van der Waals surface area contributed by atoms with Gasteiger partial charge in [-0.3, -0.25) is 4.90 Å². The Hall–Kier alpha value is -4.21. The van der Waals surface area contributed by atoms with E-state index in [1.807, 2.05) is 4.90 Å². The van der Waals surface area contributed by atoms with Crippen molar-refractivity contribution in [3.8, 4) is 29.0 Å². The Balaban J connectivity index is 1.31. The fourth-order valence-electron chi connectivity index (χ4n) is 8.05. The number of halogens is 4. The van der Waals surface area contributed by atoms with Crippen molar-refractivity contribution in [2.75, 3.05) is 37.7 Å². The number of ether oxygens (including phenoxy) is 1. The van der Waals surface area contributed by atoms with E-state index in [4.69, 9.17) is 4.74 Å². The molecular formula is C33H30F4N6O2. The predicted octanol–water partition coefficient (Wildman–Crippen LogP) is 5.34. The molecule has 12 heteroatoms. The Labute approximate surface area is 256 Å². The minimum Gasteiger partial charge on any atom is -0.508 e. The Bertz CT molecular complexity index is 1900. The summed E-state index contributed by atoms with van der Waals surface area (Å²) >= 11 is 0. The van der Waals surface area contributed by atoms with Gasteiger partial charge < -0.3 is 20.1 Å². The van der Waals surface area contributed by atoms with Gasteiger partial charge in [-0.15, -0.1) is 0 Å². The summed E-state index contributed by atoms with van der Waals surface area (Å²) in [5, 5.41) is 24.6. The number of nitrogens with one attached hydrogen (secondary N) is 1. The van der Waals surface area contributed by atoms with Crippen LogP contribution in [0.4, 0.5) is 23.2 Å². The van der Waals surface area contributed by atoms with Crippen LogP contribution in [-0.2, 0) is 0 Å². The summed E-state index contributed by atoms with van der Waals surface area (Å²) in [5.41, 5.74) is -0.339. The number of hydrogen-bond acceptors (Lipinski definition) is 8. The van der Waals surface area contributed by atoms with Crippen molar-refractivity contribution >= 4 is 27.5 Å². The predicted molar refractivity (Wildman–Crippen MR) is 159 cm³/mol. The van der Waals surface area contributed by atoms with Crippen molar-refractivity contribution in [1.29, 1.82) is 5.26 Å². The SMILES string of the molecule is N#Cc1c(OC[C@@]23CCCN2C[C@H](F)C3)nc2nc(-c3cc(O)cc4ccc(F)c(F)c34)c(F)cc2c1N1CC2CCC(C1)N2. The number of aromatic hydroxyl groups is 1. The fraction of sp³-hybridized carbons (Fsp3) is 0.424. The third kappa shape index (κ3) is 4.55. The molecule has 8 rings (SSSR count). The standard InChI is InChI=1S/C33H30F4N6O2/c34-18-11-33(6-1-7-43(33)13-18)16-45-32-24(12-38)30(42-14-19-3-4-20(15-42)39-19)23-10-26(36)29(40-31(23)41-32)22-9-21(44)8-17-2-5-25(35)28(37)27(17)22/h2,5,8-10,18-20,39,44H,1,3-4,6-7,11,13-16H2/t18-,19?,20?,33+/m1/s1. The molecule has 0 amide bonds. The number of benzene rings is 2.